The van der Waals surface area contributed by atoms with Crippen LogP contribution in [0.5, 0.6) is 0 Å². The fourth-order valence-electron chi connectivity index (χ4n) is 1.92. The van der Waals surface area contributed by atoms with Crippen molar-refractivity contribution in [1.82, 2.24) is 9.78 Å². The standard InChI is InChI=1S/C15H20N4O/c1-11(2)19-14(9-10-16-19)17-15(20)12-5-7-13(8-6-12)18(3)4/h5-11H,1-4H3,(H,17,20). The Kier molecular flexibility index (Phi) is 4.08. The van der Waals surface area contributed by atoms with E-state index < -0.39 is 0 Å². The van der Waals surface area contributed by atoms with E-state index in [-0.39, 0.29) is 11.9 Å². The zero-order valence-corrected chi connectivity index (χ0v) is 12.3. The molecule has 2 rings (SSSR count). The summed E-state index contributed by atoms with van der Waals surface area (Å²) in [5.74, 6) is 0.583. The Hall–Kier alpha value is -2.30. The Morgan fingerprint density at radius 2 is 1.85 bits per heavy atom. The Labute approximate surface area is 119 Å². The molecular formula is C15H20N4O. The summed E-state index contributed by atoms with van der Waals surface area (Å²) in [5, 5.41) is 7.08. The molecule has 2 aromatic rings. The summed E-state index contributed by atoms with van der Waals surface area (Å²) in [4.78, 5) is 14.2. The van der Waals surface area contributed by atoms with Gasteiger partial charge in [-0.1, -0.05) is 0 Å². The molecule has 0 aliphatic carbocycles. The molecule has 1 N–H and O–H groups in total. The van der Waals surface area contributed by atoms with Crippen LogP contribution in [-0.4, -0.2) is 29.8 Å². The van der Waals surface area contributed by atoms with Gasteiger partial charge in [-0.05, 0) is 38.1 Å². The molecule has 0 atom stereocenters. The van der Waals surface area contributed by atoms with E-state index in [4.69, 9.17) is 0 Å². The van der Waals surface area contributed by atoms with Crippen LogP contribution < -0.4 is 10.2 Å². The average Bonchev–Trinajstić information content (AvgIpc) is 2.87. The number of carbonyl (C=O) groups excluding carboxylic acids is 1. The van der Waals surface area contributed by atoms with E-state index in [0.29, 0.717) is 11.4 Å². The number of hydrogen-bond acceptors (Lipinski definition) is 3. The topological polar surface area (TPSA) is 50.2 Å². The third kappa shape index (κ3) is 2.99. The Morgan fingerprint density at radius 3 is 2.40 bits per heavy atom. The van der Waals surface area contributed by atoms with Gasteiger partial charge in [0, 0.05) is 37.5 Å². The lowest BCUT2D eigenvalue weighted by molar-refractivity contribution is 0.102. The van der Waals surface area contributed by atoms with Gasteiger partial charge in [-0.15, -0.1) is 0 Å². The Bertz CT molecular complexity index is 584. The maximum absolute atomic E-state index is 12.2. The molecule has 20 heavy (non-hydrogen) atoms. The van der Waals surface area contributed by atoms with Crippen LogP contribution in [0.15, 0.2) is 36.5 Å². The number of aromatic nitrogens is 2. The molecule has 0 fully saturated rings. The number of rotatable bonds is 4. The zero-order valence-electron chi connectivity index (χ0n) is 12.3. The molecule has 5 nitrogen and oxygen atoms in total. The summed E-state index contributed by atoms with van der Waals surface area (Å²) < 4.78 is 1.78. The highest BCUT2D eigenvalue weighted by Gasteiger charge is 2.11. The van der Waals surface area contributed by atoms with Gasteiger partial charge in [0.15, 0.2) is 0 Å². The van der Waals surface area contributed by atoms with Gasteiger partial charge in [0.1, 0.15) is 5.82 Å². The molecule has 0 saturated carbocycles. The highest BCUT2D eigenvalue weighted by Crippen LogP contribution is 2.16. The van der Waals surface area contributed by atoms with Crippen molar-refractivity contribution in [2.45, 2.75) is 19.9 Å². The summed E-state index contributed by atoms with van der Waals surface area (Å²) >= 11 is 0. The molecule has 1 aromatic carbocycles. The second-order valence-electron chi connectivity index (χ2n) is 5.15. The number of nitrogens with zero attached hydrogens (tertiary/aromatic N) is 3. The van der Waals surface area contributed by atoms with Crippen LogP contribution in [0.4, 0.5) is 11.5 Å². The van der Waals surface area contributed by atoms with Crippen LogP contribution in [0.3, 0.4) is 0 Å². The number of amides is 1. The highest BCUT2D eigenvalue weighted by atomic mass is 16.1. The van der Waals surface area contributed by atoms with Crippen LogP contribution in [-0.2, 0) is 0 Å². The van der Waals surface area contributed by atoms with Crippen molar-refractivity contribution < 1.29 is 4.79 Å². The average molecular weight is 272 g/mol. The van der Waals surface area contributed by atoms with Gasteiger partial charge >= 0.3 is 0 Å². The molecule has 1 heterocycles. The van der Waals surface area contributed by atoms with Crippen molar-refractivity contribution in [2.75, 3.05) is 24.3 Å². The Balaban J connectivity index is 2.13. The van der Waals surface area contributed by atoms with E-state index in [0.717, 1.165) is 5.69 Å². The number of anilines is 2. The smallest absolute Gasteiger partial charge is 0.256 e. The largest absolute Gasteiger partial charge is 0.378 e. The van der Waals surface area contributed by atoms with Gasteiger partial charge in [-0.25, -0.2) is 4.68 Å². The molecule has 0 aliphatic rings. The van der Waals surface area contributed by atoms with Crippen molar-refractivity contribution in [3.05, 3.63) is 42.1 Å². The number of nitrogens with one attached hydrogen (secondary N) is 1. The molecule has 5 heteroatoms. The van der Waals surface area contributed by atoms with Crippen LogP contribution in [0.1, 0.15) is 30.2 Å². The summed E-state index contributed by atoms with van der Waals surface area (Å²) in [7, 11) is 3.94. The van der Waals surface area contributed by atoms with Crippen molar-refractivity contribution in [2.24, 2.45) is 0 Å². The SMILES string of the molecule is CC(C)n1nccc1NC(=O)c1ccc(N(C)C)cc1. The third-order valence-electron chi connectivity index (χ3n) is 3.05. The molecule has 1 aromatic heterocycles. The van der Waals surface area contributed by atoms with Gasteiger partial charge in [-0.2, -0.15) is 5.10 Å². The van der Waals surface area contributed by atoms with Crippen LogP contribution in [0.2, 0.25) is 0 Å². The van der Waals surface area contributed by atoms with E-state index in [1.807, 2.05) is 57.1 Å². The summed E-state index contributed by atoms with van der Waals surface area (Å²) in [6, 6.07) is 9.49. The lowest BCUT2D eigenvalue weighted by Gasteiger charge is -2.14. The molecule has 1 amide bonds. The third-order valence-corrected chi connectivity index (χ3v) is 3.05. The molecule has 0 unspecified atom stereocenters. The molecule has 0 spiro atoms. The maximum Gasteiger partial charge on any atom is 0.256 e. The first kappa shape index (κ1) is 14.1. The minimum Gasteiger partial charge on any atom is -0.378 e. The van der Waals surface area contributed by atoms with Crippen LogP contribution in [0, 0.1) is 0 Å². The van der Waals surface area contributed by atoms with Crippen molar-refractivity contribution >= 4 is 17.4 Å². The quantitative estimate of drug-likeness (QED) is 0.931. The number of benzene rings is 1. The highest BCUT2D eigenvalue weighted by molar-refractivity contribution is 6.04. The van der Waals surface area contributed by atoms with Crippen LogP contribution >= 0.6 is 0 Å². The predicted molar refractivity (Wildman–Crippen MR) is 81.3 cm³/mol. The molecule has 106 valence electrons. The van der Waals surface area contributed by atoms with Gasteiger partial charge in [0.25, 0.3) is 5.91 Å². The van der Waals surface area contributed by atoms with Crippen molar-refractivity contribution in [1.29, 1.82) is 0 Å². The van der Waals surface area contributed by atoms with Crippen molar-refractivity contribution in [3.63, 3.8) is 0 Å². The molecule has 0 saturated heterocycles. The van der Waals surface area contributed by atoms with Gasteiger partial charge < -0.3 is 10.2 Å². The minimum atomic E-state index is -0.127. The lowest BCUT2D eigenvalue weighted by Crippen LogP contribution is -2.17. The summed E-state index contributed by atoms with van der Waals surface area (Å²) in [6.07, 6.45) is 1.69. The van der Waals surface area contributed by atoms with E-state index in [9.17, 15) is 4.79 Å². The van der Waals surface area contributed by atoms with Crippen molar-refractivity contribution in [3.8, 4) is 0 Å². The van der Waals surface area contributed by atoms with Gasteiger partial charge in [0.2, 0.25) is 0 Å². The van der Waals surface area contributed by atoms with Gasteiger partial charge in [0.05, 0.1) is 6.20 Å². The Morgan fingerprint density at radius 1 is 1.20 bits per heavy atom. The molecule has 0 bridgehead atoms. The van der Waals surface area contributed by atoms with Crippen LogP contribution in [0.25, 0.3) is 0 Å². The number of carbonyl (C=O) groups is 1. The fraction of sp³-hybridized carbons (Fsp3) is 0.333. The van der Waals surface area contributed by atoms with Gasteiger partial charge in [-0.3, -0.25) is 4.79 Å². The first-order valence-corrected chi connectivity index (χ1v) is 6.61. The second-order valence-corrected chi connectivity index (χ2v) is 5.15. The fourth-order valence-corrected chi connectivity index (χ4v) is 1.92. The first-order valence-electron chi connectivity index (χ1n) is 6.61. The second kappa shape index (κ2) is 5.77. The lowest BCUT2D eigenvalue weighted by atomic mass is 10.2. The van der Waals surface area contributed by atoms with E-state index in [2.05, 4.69) is 10.4 Å². The normalized spacial score (nSPS) is 10.7. The molecule has 0 aliphatic heterocycles. The zero-order chi connectivity index (χ0) is 14.7. The van der Waals surface area contributed by atoms with E-state index >= 15 is 0 Å². The molecule has 0 radical (unpaired) electrons. The van der Waals surface area contributed by atoms with E-state index in [1.54, 1.807) is 16.9 Å². The number of hydrogen-bond donors (Lipinski definition) is 1. The first-order chi connectivity index (χ1) is 9.49. The maximum atomic E-state index is 12.2. The molecular weight excluding hydrogens is 252 g/mol. The summed E-state index contributed by atoms with van der Waals surface area (Å²) in [5.41, 5.74) is 1.70. The minimum absolute atomic E-state index is 0.127. The van der Waals surface area contributed by atoms with E-state index in [1.165, 1.54) is 0 Å². The monoisotopic (exact) mass is 272 g/mol. The summed E-state index contributed by atoms with van der Waals surface area (Å²) in [6.45, 7) is 4.04. The predicted octanol–water partition coefficient (Wildman–Crippen LogP) is 2.78.